The smallest absolute Gasteiger partial charge is 0.251 e. The number of fused-ring (bicyclic) bond motifs is 1. The number of allylic oxidation sites excluding steroid dienone is 2. The van der Waals surface area contributed by atoms with E-state index < -0.39 is 0 Å². The normalized spacial score (nSPS) is 21.2. The van der Waals surface area contributed by atoms with E-state index in [1.165, 1.54) is 4.91 Å². The lowest BCUT2D eigenvalue weighted by Crippen LogP contribution is -2.40. The number of ketones is 1. The summed E-state index contributed by atoms with van der Waals surface area (Å²) < 4.78 is 0. The van der Waals surface area contributed by atoms with Crippen molar-refractivity contribution in [3.8, 4) is 0 Å². The second kappa shape index (κ2) is 7.98. The van der Waals surface area contributed by atoms with Crippen LogP contribution in [0.4, 0.5) is 5.69 Å². The molecule has 0 spiro atoms. The van der Waals surface area contributed by atoms with Crippen molar-refractivity contribution >= 4 is 34.9 Å². The quantitative estimate of drug-likeness (QED) is 0.743. The summed E-state index contributed by atoms with van der Waals surface area (Å²) in [6, 6.07) is 7.34. The number of aliphatic imine (C=N–C) groups is 1. The first-order valence-corrected chi connectivity index (χ1v) is 11.1. The number of Topliss-reactive ketones (excluding diaryl/α,β-unsaturated/α-hetero) is 1. The van der Waals surface area contributed by atoms with Gasteiger partial charge >= 0.3 is 0 Å². The Balaban J connectivity index is 1.82. The zero-order valence-corrected chi connectivity index (χ0v) is 19.0. The highest BCUT2D eigenvalue weighted by Gasteiger charge is 2.35. The highest BCUT2D eigenvalue weighted by Crippen LogP contribution is 2.43. The molecule has 6 heteroatoms. The van der Waals surface area contributed by atoms with Gasteiger partial charge in [0.1, 0.15) is 6.04 Å². The van der Waals surface area contributed by atoms with Gasteiger partial charge in [0.2, 0.25) is 0 Å². The van der Waals surface area contributed by atoms with E-state index >= 15 is 0 Å². The fourth-order valence-corrected chi connectivity index (χ4v) is 4.82. The van der Waals surface area contributed by atoms with E-state index in [1.54, 1.807) is 18.7 Å². The SMILES string of the molecule is CC(=O)C1CSC2=C(Nc3ccc(C(=O)NC(C)(C)C)cc3)CC(C)(C)CC2=N1. The zero-order chi connectivity index (χ0) is 21.4. The summed E-state index contributed by atoms with van der Waals surface area (Å²) >= 11 is 1.73. The molecule has 29 heavy (non-hydrogen) atoms. The Morgan fingerprint density at radius 3 is 2.38 bits per heavy atom. The number of nitrogens with one attached hydrogen (secondary N) is 2. The lowest BCUT2D eigenvalue weighted by Gasteiger charge is -2.36. The molecule has 0 saturated heterocycles. The molecule has 2 aliphatic rings. The third-order valence-corrected chi connectivity index (χ3v) is 6.19. The fourth-order valence-electron chi connectivity index (χ4n) is 3.59. The van der Waals surface area contributed by atoms with Crippen molar-refractivity contribution in [2.75, 3.05) is 11.1 Å². The first kappa shape index (κ1) is 21.6. The molecule has 2 N–H and O–H groups in total. The third kappa shape index (κ3) is 5.50. The highest BCUT2D eigenvalue weighted by molar-refractivity contribution is 8.04. The van der Waals surface area contributed by atoms with E-state index in [0.717, 1.165) is 29.9 Å². The molecule has 1 aliphatic carbocycles. The van der Waals surface area contributed by atoms with Crippen LogP contribution in [0.1, 0.15) is 64.7 Å². The molecule has 1 aromatic rings. The summed E-state index contributed by atoms with van der Waals surface area (Å²) in [6.07, 6.45) is 1.81. The molecule has 156 valence electrons. The first-order chi connectivity index (χ1) is 13.4. The van der Waals surface area contributed by atoms with Crippen LogP contribution in [0.25, 0.3) is 0 Å². The molecule has 0 aromatic heterocycles. The molecule has 1 unspecified atom stereocenters. The number of amides is 1. The molecule has 0 bridgehead atoms. The van der Waals surface area contributed by atoms with E-state index in [9.17, 15) is 9.59 Å². The van der Waals surface area contributed by atoms with Crippen molar-refractivity contribution in [1.82, 2.24) is 5.32 Å². The molecule has 1 heterocycles. The standard InChI is InChI=1S/C23H31N3O2S/c1-14(27)19-13-29-20-17(11-23(5,6)12-18(20)25-19)24-16-9-7-15(8-10-16)21(28)26-22(2,3)4/h7-10,19,24H,11-13H2,1-6H3,(H,26,28). The van der Waals surface area contributed by atoms with Crippen LogP contribution in [-0.4, -0.2) is 34.7 Å². The van der Waals surface area contributed by atoms with Crippen LogP contribution in [0.15, 0.2) is 39.9 Å². The van der Waals surface area contributed by atoms with E-state index in [-0.39, 0.29) is 28.7 Å². The maximum absolute atomic E-state index is 12.3. The zero-order valence-electron chi connectivity index (χ0n) is 18.2. The van der Waals surface area contributed by atoms with Crippen LogP contribution in [0.3, 0.4) is 0 Å². The van der Waals surface area contributed by atoms with Crippen LogP contribution in [0.5, 0.6) is 0 Å². The number of carbonyl (C=O) groups excluding carboxylic acids is 2. The average Bonchev–Trinajstić information content (AvgIpc) is 2.59. The molecule has 0 radical (unpaired) electrons. The van der Waals surface area contributed by atoms with Gasteiger partial charge in [-0.15, -0.1) is 11.8 Å². The van der Waals surface area contributed by atoms with Crippen molar-refractivity contribution in [2.24, 2.45) is 10.4 Å². The van der Waals surface area contributed by atoms with E-state index in [0.29, 0.717) is 11.3 Å². The van der Waals surface area contributed by atoms with Crippen molar-refractivity contribution in [3.05, 3.63) is 40.4 Å². The Kier molecular flexibility index (Phi) is 5.95. The number of rotatable bonds is 4. The van der Waals surface area contributed by atoms with Gasteiger partial charge in [-0.3, -0.25) is 14.6 Å². The Morgan fingerprint density at radius 2 is 1.79 bits per heavy atom. The van der Waals surface area contributed by atoms with Gasteiger partial charge in [0.25, 0.3) is 5.91 Å². The molecule has 1 atom stereocenters. The van der Waals surface area contributed by atoms with Gasteiger partial charge in [-0.25, -0.2) is 0 Å². The fraction of sp³-hybridized carbons (Fsp3) is 0.522. The van der Waals surface area contributed by atoms with Gasteiger partial charge in [0.05, 0.1) is 5.71 Å². The van der Waals surface area contributed by atoms with E-state index in [4.69, 9.17) is 4.99 Å². The minimum absolute atomic E-state index is 0.0718. The lowest BCUT2D eigenvalue weighted by atomic mass is 9.78. The second-order valence-corrected chi connectivity index (χ2v) is 10.8. The van der Waals surface area contributed by atoms with Gasteiger partial charge in [0.15, 0.2) is 5.78 Å². The van der Waals surface area contributed by atoms with Gasteiger partial charge in [-0.05, 0) is 70.2 Å². The van der Waals surface area contributed by atoms with Crippen molar-refractivity contribution in [1.29, 1.82) is 0 Å². The molecule has 0 saturated carbocycles. The predicted molar refractivity (Wildman–Crippen MR) is 122 cm³/mol. The second-order valence-electron chi connectivity index (χ2n) is 9.75. The van der Waals surface area contributed by atoms with Crippen LogP contribution in [0, 0.1) is 5.41 Å². The van der Waals surface area contributed by atoms with Crippen LogP contribution >= 0.6 is 11.8 Å². The Labute approximate surface area is 177 Å². The molecule has 5 nitrogen and oxygen atoms in total. The predicted octanol–water partition coefficient (Wildman–Crippen LogP) is 4.80. The molecular formula is C23H31N3O2S. The largest absolute Gasteiger partial charge is 0.358 e. The summed E-state index contributed by atoms with van der Waals surface area (Å²) in [7, 11) is 0. The van der Waals surface area contributed by atoms with Gasteiger partial charge in [-0.2, -0.15) is 0 Å². The minimum Gasteiger partial charge on any atom is -0.358 e. The number of benzene rings is 1. The van der Waals surface area contributed by atoms with E-state index in [1.807, 2.05) is 45.0 Å². The van der Waals surface area contributed by atoms with Gasteiger partial charge in [0, 0.05) is 33.1 Å². The summed E-state index contributed by atoms with van der Waals surface area (Å²) in [6.45, 7) is 12.0. The van der Waals surface area contributed by atoms with Crippen LogP contribution < -0.4 is 10.6 Å². The number of hydrogen-bond acceptors (Lipinski definition) is 5. The summed E-state index contributed by atoms with van der Waals surface area (Å²) in [5.41, 5.74) is 3.60. The maximum atomic E-state index is 12.3. The molecule has 1 aliphatic heterocycles. The van der Waals surface area contributed by atoms with Crippen LogP contribution in [-0.2, 0) is 4.79 Å². The van der Waals surface area contributed by atoms with Crippen LogP contribution in [0.2, 0.25) is 0 Å². The number of carbonyl (C=O) groups is 2. The number of nitrogens with zero attached hydrogens (tertiary/aromatic N) is 1. The summed E-state index contributed by atoms with van der Waals surface area (Å²) in [5, 5.41) is 6.54. The van der Waals surface area contributed by atoms with E-state index in [2.05, 4.69) is 24.5 Å². The molecule has 1 amide bonds. The third-order valence-electron chi connectivity index (χ3n) is 4.93. The number of hydrogen-bond donors (Lipinski definition) is 2. The average molecular weight is 414 g/mol. The Morgan fingerprint density at radius 1 is 1.14 bits per heavy atom. The highest BCUT2D eigenvalue weighted by atomic mass is 32.2. The maximum Gasteiger partial charge on any atom is 0.251 e. The lowest BCUT2D eigenvalue weighted by molar-refractivity contribution is -0.117. The minimum atomic E-state index is -0.264. The van der Waals surface area contributed by atoms with Gasteiger partial charge < -0.3 is 10.6 Å². The number of thioether (sulfide) groups is 1. The molecule has 0 fully saturated rings. The van der Waals surface area contributed by atoms with Crippen molar-refractivity contribution in [3.63, 3.8) is 0 Å². The Hall–Kier alpha value is -2.08. The Bertz CT molecular complexity index is 876. The van der Waals surface area contributed by atoms with Crippen molar-refractivity contribution < 1.29 is 9.59 Å². The molecule has 1 aromatic carbocycles. The number of anilines is 1. The van der Waals surface area contributed by atoms with Crippen molar-refractivity contribution in [2.45, 2.75) is 66.0 Å². The monoisotopic (exact) mass is 413 g/mol. The molecule has 3 rings (SSSR count). The topological polar surface area (TPSA) is 70.6 Å². The van der Waals surface area contributed by atoms with Gasteiger partial charge in [-0.1, -0.05) is 13.8 Å². The summed E-state index contributed by atoms with van der Waals surface area (Å²) in [4.78, 5) is 30.1. The summed E-state index contributed by atoms with van der Waals surface area (Å²) in [5.74, 6) is 0.759. The molecular weight excluding hydrogens is 382 g/mol. The first-order valence-electron chi connectivity index (χ1n) is 10.1.